The van der Waals surface area contributed by atoms with Crippen LogP contribution in [0.5, 0.6) is 0 Å². The predicted molar refractivity (Wildman–Crippen MR) is 128 cm³/mol. The van der Waals surface area contributed by atoms with Crippen LogP contribution in [0.15, 0.2) is 58.3 Å². The van der Waals surface area contributed by atoms with Gasteiger partial charge < -0.3 is 14.6 Å². The molecule has 2 heterocycles. The maximum Gasteiger partial charge on any atom is 0.325 e. The molecule has 1 aliphatic rings. The van der Waals surface area contributed by atoms with Crippen LogP contribution in [0.3, 0.4) is 0 Å². The zero-order valence-electron chi connectivity index (χ0n) is 19.5. The van der Waals surface area contributed by atoms with E-state index in [9.17, 15) is 23.3 Å². The fourth-order valence-corrected chi connectivity index (χ4v) is 5.99. The molecule has 0 atom stereocenters. The topological polar surface area (TPSA) is 118 Å². The van der Waals surface area contributed by atoms with Crippen molar-refractivity contribution in [3.05, 3.63) is 82.2 Å². The van der Waals surface area contributed by atoms with Gasteiger partial charge in [-0.05, 0) is 55.3 Å². The molecule has 0 spiro atoms. The summed E-state index contributed by atoms with van der Waals surface area (Å²) < 4.78 is 33.8. The molecule has 1 N–H and O–H groups in total. The zero-order valence-corrected chi connectivity index (χ0v) is 20.3. The Morgan fingerprint density at radius 3 is 2.63 bits per heavy atom. The van der Waals surface area contributed by atoms with Crippen molar-refractivity contribution < 1.29 is 22.7 Å². The van der Waals surface area contributed by atoms with E-state index in [1.54, 1.807) is 42.7 Å². The first-order valence-corrected chi connectivity index (χ1v) is 12.7. The molecule has 0 bridgehead atoms. The highest BCUT2D eigenvalue weighted by molar-refractivity contribution is 7.91. The summed E-state index contributed by atoms with van der Waals surface area (Å²) in [5, 5.41) is 12.3. The number of fused-ring (bicyclic) bond motifs is 1. The van der Waals surface area contributed by atoms with E-state index in [0.29, 0.717) is 40.9 Å². The van der Waals surface area contributed by atoms with Crippen molar-refractivity contribution in [1.29, 1.82) is 5.26 Å². The molecule has 0 fully saturated rings. The Bertz CT molecular complexity index is 1450. The fourth-order valence-electron chi connectivity index (χ4n) is 4.50. The normalized spacial score (nSPS) is 13.0. The average molecular weight is 492 g/mol. The van der Waals surface area contributed by atoms with E-state index in [2.05, 4.69) is 11.4 Å². The molecular weight excluding hydrogens is 466 g/mol. The van der Waals surface area contributed by atoms with E-state index in [1.807, 2.05) is 0 Å². The second-order valence-corrected chi connectivity index (χ2v) is 10.1. The van der Waals surface area contributed by atoms with Crippen LogP contribution in [0, 0.1) is 18.3 Å². The van der Waals surface area contributed by atoms with Crippen LogP contribution < -0.4 is 5.32 Å². The molecule has 1 aromatic heterocycles. The number of aromatic nitrogens is 1. The number of nitrogens with zero attached hydrogens (tertiary/aromatic N) is 2. The molecule has 3 aromatic rings. The molecule has 0 saturated carbocycles. The monoisotopic (exact) mass is 491 g/mol. The van der Waals surface area contributed by atoms with Gasteiger partial charge in [0, 0.05) is 30.8 Å². The number of rotatable bonds is 7. The molecule has 0 saturated heterocycles. The van der Waals surface area contributed by atoms with Gasteiger partial charge >= 0.3 is 5.97 Å². The molecule has 180 valence electrons. The van der Waals surface area contributed by atoms with Crippen LogP contribution in [0.1, 0.15) is 45.4 Å². The van der Waals surface area contributed by atoms with Crippen LogP contribution in [-0.2, 0) is 38.8 Å². The number of nitriles is 1. The third-order valence-electron chi connectivity index (χ3n) is 6.12. The van der Waals surface area contributed by atoms with Gasteiger partial charge in [-0.3, -0.25) is 9.59 Å². The van der Waals surface area contributed by atoms with E-state index in [4.69, 9.17) is 4.74 Å². The van der Waals surface area contributed by atoms with E-state index in [1.165, 1.54) is 24.3 Å². The second-order valence-electron chi connectivity index (χ2n) is 8.21. The maximum absolute atomic E-state index is 13.5. The van der Waals surface area contributed by atoms with Gasteiger partial charge in [0.1, 0.15) is 6.54 Å². The Morgan fingerprint density at radius 1 is 1.20 bits per heavy atom. The van der Waals surface area contributed by atoms with Gasteiger partial charge in [0.25, 0.3) is 5.91 Å². The van der Waals surface area contributed by atoms with Gasteiger partial charge in [0.2, 0.25) is 9.84 Å². The lowest BCUT2D eigenvalue weighted by molar-refractivity contribution is -0.143. The Kier molecular flexibility index (Phi) is 6.76. The summed E-state index contributed by atoms with van der Waals surface area (Å²) in [4.78, 5) is 25.4. The van der Waals surface area contributed by atoms with Crippen LogP contribution in [0.4, 0.5) is 0 Å². The summed E-state index contributed by atoms with van der Waals surface area (Å²) in [7, 11) is -3.87. The Labute approximate surface area is 204 Å². The first kappa shape index (κ1) is 24.2. The summed E-state index contributed by atoms with van der Waals surface area (Å²) in [5.41, 5.74) is 3.20. The maximum atomic E-state index is 13.5. The molecule has 1 amide bonds. The van der Waals surface area contributed by atoms with Crippen molar-refractivity contribution in [2.24, 2.45) is 0 Å². The van der Waals surface area contributed by atoms with E-state index in [0.717, 1.165) is 5.69 Å². The smallest absolute Gasteiger partial charge is 0.325 e. The first-order chi connectivity index (χ1) is 16.8. The van der Waals surface area contributed by atoms with E-state index in [-0.39, 0.29) is 35.3 Å². The molecule has 2 aromatic carbocycles. The lowest BCUT2D eigenvalue weighted by atomic mass is 9.96. The number of carbonyl (C=O) groups excluding carboxylic acids is 2. The number of amides is 1. The molecule has 35 heavy (non-hydrogen) atoms. The molecule has 0 aliphatic carbocycles. The molecule has 8 nitrogen and oxygen atoms in total. The summed E-state index contributed by atoms with van der Waals surface area (Å²) >= 11 is 0. The van der Waals surface area contributed by atoms with Crippen LogP contribution in [-0.4, -0.2) is 38.0 Å². The van der Waals surface area contributed by atoms with Gasteiger partial charge in [-0.2, -0.15) is 5.26 Å². The lowest BCUT2D eigenvalue weighted by Gasteiger charge is -2.17. The Hall–Kier alpha value is -3.90. The minimum atomic E-state index is -3.87. The number of hydrogen-bond donors (Lipinski definition) is 1. The zero-order chi connectivity index (χ0) is 25.2. The Balaban J connectivity index is 1.87. The summed E-state index contributed by atoms with van der Waals surface area (Å²) in [6.45, 7) is 4.18. The first-order valence-electron chi connectivity index (χ1n) is 11.3. The minimum absolute atomic E-state index is 0.0390. The third-order valence-corrected chi connectivity index (χ3v) is 7.99. The molecule has 9 heteroatoms. The number of carbonyl (C=O) groups is 2. The number of sulfone groups is 1. The van der Waals surface area contributed by atoms with E-state index < -0.39 is 15.8 Å². The predicted octanol–water partition coefficient (Wildman–Crippen LogP) is 2.94. The fraction of sp³-hybridized carbons (Fsp3) is 0.269. The standard InChI is InChI=1S/C26H25N3O5S/c1-3-34-24(30)16-29-17(2)21(25-22(29)11-12-28-26(25)31)14-19-13-18(15-27)9-10-23(19)35(32,33)20-7-5-4-6-8-20/h4-10,13H,3,11-12,14,16H2,1-2H3,(H,28,31). The number of hydrogen-bond acceptors (Lipinski definition) is 6. The van der Waals surface area contributed by atoms with Gasteiger partial charge in [-0.15, -0.1) is 0 Å². The van der Waals surface area contributed by atoms with Gasteiger partial charge in [0.05, 0.1) is 33.6 Å². The molecule has 0 unspecified atom stereocenters. The number of ether oxygens (including phenoxy) is 1. The van der Waals surface area contributed by atoms with Crippen LogP contribution in [0.25, 0.3) is 0 Å². The highest BCUT2D eigenvalue weighted by Crippen LogP contribution is 2.32. The lowest BCUT2D eigenvalue weighted by Crippen LogP contribution is -2.33. The quantitative estimate of drug-likeness (QED) is 0.508. The summed E-state index contributed by atoms with van der Waals surface area (Å²) in [6.07, 6.45) is 0.642. The molecular formula is C26H25N3O5S. The molecule has 4 rings (SSSR count). The highest BCUT2D eigenvalue weighted by atomic mass is 32.2. The third kappa shape index (κ3) is 4.57. The summed E-state index contributed by atoms with van der Waals surface area (Å²) in [6, 6.07) is 14.6. The Morgan fingerprint density at radius 2 is 1.94 bits per heavy atom. The van der Waals surface area contributed by atoms with Crippen molar-refractivity contribution >= 4 is 21.7 Å². The molecule has 1 aliphatic heterocycles. The second kappa shape index (κ2) is 9.76. The van der Waals surface area contributed by atoms with Crippen molar-refractivity contribution in [3.8, 4) is 6.07 Å². The number of nitrogens with one attached hydrogen (secondary N) is 1. The molecule has 0 radical (unpaired) electrons. The average Bonchev–Trinajstić information content (AvgIpc) is 3.11. The largest absolute Gasteiger partial charge is 0.465 e. The van der Waals surface area contributed by atoms with Crippen LogP contribution in [0.2, 0.25) is 0 Å². The van der Waals surface area contributed by atoms with Gasteiger partial charge in [-0.1, -0.05) is 18.2 Å². The van der Waals surface area contributed by atoms with Gasteiger partial charge in [0.15, 0.2) is 0 Å². The summed E-state index contributed by atoms with van der Waals surface area (Å²) in [5.74, 6) is -0.680. The van der Waals surface area contributed by atoms with Crippen molar-refractivity contribution in [2.75, 3.05) is 13.2 Å². The van der Waals surface area contributed by atoms with Crippen LogP contribution >= 0.6 is 0 Å². The highest BCUT2D eigenvalue weighted by Gasteiger charge is 2.30. The van der Waals surface area contributed by atoms with E-state index >= 15 is 0 Å². The number of esters is 1. The van der Waals surface area contributed by atoms with Crippen molar-refractivity contribution in [2.45, 2.75) is 43.0 Å². The van der Waals surface area contributed by atoms with Crippen molar-refractivity contribution in [1.82, 2.24) is 9.88 Å². The van der Waals surface area contributed by atoms with Gasteiger partial charge in [-0.25, -0.2) is 8.42 Å². The SMILES string of the molecule is CCOC(=O)Cn1c(C)c(Cc2cc(C#N)ccc2S(=O)(=O)c2ccccc2)c2c1CCNC2=O. The minimum Gasteiger partial charge on any atom is -0.465 e. The number of benzene rings is 2. The van der Waals surface area contributed by atoms with Crippen molar-refractivity contribution in [3.63, 3.8) is 0 Å².